The lowest BCUT2D eigenvalue weighted by molar-refractivity contribution is -0.136. The fourth-order valence-corrected chi connectivity index (χ4v) is 5.38. The van der Waals surface area contributed by atoms with Gasteiger partial charge in [-0.2, -0.15) is 13.2 Å². The maximum atomic E-state index is 13.6. The fourth-order valence-electron chi connectivity index (χ4n) is 5.38. The largest absolute Gasteiger partial charge is 0.417 e. The zero-order valence-electron chi connectivity index (χ0n) is 22.2. The summed E-state index contributed by atoms with van der Waals surface area (Å²) in [6, 6.07) is 39.9. The molecular formula is C35H23F3N4. The van der Waals surface area contributed by atoms with Crippen molar-refractivity contribution in [1.82, 2.24) is 4.98 Å². The first-order valence-electron chi connectivity index (χ1n) is 13.4. The molecule has 0 saturated heterocycles. The monoisotopic (exact) mass is 556 g/mol. The topological polar surface area (TPSA) is 40.5 Å². The van der Waals surface area contributed by atoms with E-state index < -0.39 is 11.7 Å². The third-order valence-corrected chi connectivity index (χ3v) is 7.32. The van der Waals surface area contributed by atoms with Crippen LogP contribution in [-0.2, 0) is 6.18 Å². The normalized spacial score (nSPS) is 13.4. The van der Waals surface area contributed by atoms with Crippen LogP contribution >= 0.6 is 0 Å². The molecule has 7 heteroatoms. The van der Waals surface area contributed by atoms with E-state index in [0.29, 0.717) is 28.3 Å². The number of halogens is 3. The average molecular weight is 557 g/mol. The van der Waals surface area contributed by atoms with Gasteiger partial charge in [-0.05, 0) is 71.6 Å². The van der Waals surface area contributed by atoms with Crippen molar-refractivity contribution in [3.05, 3.63) is 145 Å². The third kappa shape index (κ3) is 4.65. The van der Waals surface area contributed by atoms with Crippen molar-refractivity contribution < 1.29 is 13.2 Å². The van der Waals surface area contributed by atoms with E-state index in [4.69, 9.17) is 0 Å². The summed E-state index contributed by atoms with van der Waals surface area (Å²) >= 11 is 0. The van der Waals surface area contributed by atoms with Crippen LogP contribution in [0.1, 0.15) is 11.1 Å². The van der Waals surface area contributed by atoms with Gasteiger partial charge in [-0.15, -0.1) is 0 Å². The van der Waals surface area contributed by atoms with Gasteiger partial charge in [-0.3, -0.25) is 0 Å². The standard InChI is InChI=1S/C35H23F3N4/c36-35(37,38)30-19-20-31-33-28(30)12-7-13-29(33)34(40-31)41-32-21-16-24(22-39-32)23-14-17-27(18-15-23)42(25-8-3-1-4-9-25)26-10-5-2-6-11-26/h1-22H,(H,39,40,41). The molecular weight excluding hydrogens is 533 g/mol. The lowest BCUT2D eigenvalue weighted by atomic mass is 10.00. The van der Waals surface area contributed by atoms with Gasteiger partial charge < -0.3 is 10.2 Å². The van der Waals surface area contributed by atoms with Gasteiger partial charge in [0.1, 0.15) is 5.84 Å². The molecule has 0 atom stereocenters. The number of pyridine rings is 1. The number of nitrogens with one attached hydrogen (secondary N) is 1. The molecule has 5 aromatic carbocycles. The molecule has 0 aliphatic carbocycles. The lowest BCUT2D eigenvalue weighted by Crippen LogP contribution is -2.09. The molecule has 0 fully saturated rings. The number of aromatic nitrogens is 1. The zero-order valence-corrected chi connectivity index (χ0v) is 22.2. The van der Waals surface area contributed by atoms with Crippen LogP contribution in [0, 0.1) is 0 Å². The Morgan fingerprint density at radius 2 is 1.26 bits per heavy atom. The highest BCUT2D eigenvalue weighted by Crippen LogP contribution is 2.42. The molecule has 0 bridgehead atoms. The Bertz CT molecular complexity index is 1880. The molecule has 1 aliphatic heterocycles. The fraction of sp³-hybridized carbons (Fsp3) is 0.0286. The van der Waals surface area contributed by atoms with E-state index in [1.165, 1.54) is 12.1 Å². The summed E-state index contributed by atoms with van der Waals surface area (Å²) in [6.45, 7) is 0. The number of para-hydroxylation sites is 2. The highest BCUT2D eigenvalue weighted by atomic mass is 19.4. The van der Waals surface area contributed by atoms with Crippen molar-refractivity contribution >= 4 is 45.2 Å². The molecule has 1 aliphatic rings. The Morgan fingerprint density at radius 1 is 0.619 bits per heavy atom. The molecule has 1 N–H and O–H groups in total. The first-order valence-corrected chi connectivity index (χ1v) is 13.4. The van der Waals surface area contributed by atoms with Crippen molar-refractivity contribution in [3.8, 4) is 11.1 Å². The summed E-state index contributed by atoms with van der Waals surface area (Å²) in [5, 5.41) is 3.83. The number of benzene rings is 5. The molecule has 6 aromatic rings. The molecule has 0 unspecified atom stereocenters. The predicted octanol–water partition coefficient (Wildman–Crippen LogP) is 9.89. The SMILES string of the molecule is FC(F)(F)c1ccc2c3c(cccc13)C(=Nc1ccc(-c3ccc(N(c4ccccc4)c4ccccc4)cc3)cn1)N2. The number of rotatable bonds is 5. The number of anilines is 4. The molecule has 204 valence electrons. The maximum absolute atomic E-state index is 13.6. The highest BCUT2D eigenvalue weighted by molar-refractivity contribution is 6.26. The molecule has 0 amide bonds. The van der Waals surface area contributed by atoms with Crippen molar-refractivity contribution in [2.45, 2.75) is 6.18 Å². The summed E-state index contributed by atoms with van der Waals surface area (Å²) in [5.41, 5.74) is 5.65. The van der Waals surface area contributed by atoms with Crippen LogP contribution in [0.15, 0.2) is 139 Å². The van der Waals surface area contributed by atoms with Gasteiger partial charge in [0, 0.05) is 45.5 Å². The van der Waals surface area contributed by atoms with Crippen LogP contribution in [0.5, 0.6) is 0 Å². The summed E-state index contributed by atoms with van der Waals surface area (Å²) in [4.78, 5) is 11.4. The van der Waals surface area contributed by atoms with Crippen LogP contribution in [0.2, 0.25) is 0 Å². The van der Waals surface area contributed by atoms with E-state index in [9.17, 15) is 13.2 Å². The minimum absolute atomic E-state index is 0.153. The number of aliphatic imine (C=N–C) groups is 1. The van der Waals surface area contributed by atoms with Crippen molar-refractivity contribution in [2.24, 2.45) is 4.99 Å². The summed E-state index contributed by atoms with van der Waals surface area (Å²) in [6.07, 6.45) is -2.68. The van der Waals surface area contributed by atoms with Crippen LogP contribution in [0.25, 0.3) is 21.9 Å². The van der Waals surface area contributed by atoms with E-state index in [2.05, 4.69) is 68.7 Å². The van der Waals surface area contributed by atoms with Gasteiger partial charge in [0.25, 0.3) is 0 Å². The third-order valence-electron chi connectivity index (χ3n) is 7.32. The Kier molecular flexibility index (Phi) is 6.20. The quantitative estimate of drug-likeness (QED) is 0.230. The molecule has 0 spiro atoms. The molecule has 42 heavy (non-hydrogen) atoms. The zero-order chi connectivity index (χ0) is 28.7. The van der Waals surface area contributed by atoms with Gasteiger partial charge in [-0.1, -0.05) is 66.7 Å². The predicted molar refractivity (Wildman–Crippen MR) is 163 cm³/mol. The van der Waals surface area contributed by atoms with E-state index in [1.54, 1.807) is 18.3 Å². The number of amidine groups is 1. The van der Waals surface area contributed by atoms with Crippen LogP contribution < -0.4 is 10.2 Å². The summed E-state index contributed by atoms with van der Waals surface area (Å²) < 4.78 is 40.7. The smallest absolute Gasteiger partial charge is 0.339 e. The average Bonchev–Trinajstić information content (AvgIpc) is 3.37. The van der Waals surface area contributed by atoms with Crippen molar-refractivity contribution in [3.63, 3.8) is 0 Å². The van der Waals surface area contributed by atoms with E-state index in [-0.39, 0.29) is 5.39 Å². The van der Waals surface area contributed by atoms with Gasteiger partial charge in [0.2, 0.25) is 0 Å². The number of hydrogen-bond acceptors (Lipinski definition) is 3. The number of nitrogens with zero attached hydrogens (tertiary/aromatic N) is 3. The second-order valence-corrected chi connectivity index (χ2v) is 9.93. The van der Waals surface area contributed by atoms with Gasteiger partial charge in [0.05, 0.1) is 5.56 Å². The molecule has 4 nitrogen and oxygen atoms in total. The molecule has 1 aromatic heterocycles. The summed E-state index contributed by atoms with van der Waals surface area (Å²) in [7, 11) is 0. The molecule has 7 rings (SSSR count). The van der Waals surface area contributed by atoms with Crippen molar-refractivity contribution in [1.29, 1.82) is 0 Å². The molecule has 0 saturated carbocycles. The number of alkyl halides is 3. The maximum Gasteiger partial charge on any atom is 0.417 e. The van der Waals surface area contributed by atoms with Crippen LogP contribution in [0.4, 0.5) is 41.7 Å². The number of hydrogen-bond donors (Lipinski definition) is 1. The Hall–Kier alpha value is -5.43. The van der Waals surface area contributed by atoms with Crippen LogP contribution in [0.3, 0.4) is 0 Å². The first-order chi connectivity index (χ1) is 20.5. The van der Waals surface area contributed by atoms with E-state index in [0.717, 1.165) is 34.3 Å². The Morgan fingerprint density at radius 3 is 1.88 bits per heavy atom. The minimum atomic E-state index is -4.44. The van der Waals surface area contributed by atoms with Gasteiger partial charge >= 0.3 is 6.18 Å². The minimum Gasteiger partial charge on any atom is -0.339 e. The van der Waals surface area contributed by atoms with Crippen molar-refractivity contribution in [2.75, 3.05) is 10.2 Å². The summed E-state index contributed by atoms with van der Waals surface area (Å²) in [5.74, 6) is 0.930. The lowest BCUT2D eigenvalue weighted by Gasteiger charge is -2.25. The first kappa shape index (κ1) is 25.5. The molecule has 0 radical (unpaired) electrons. The van der Waals surface area contributed by atoms with E-state index >= 15 is 0 Å². The second kappa shape index (κ2) is 10.2. The highest BCUT2D eigenvalue weighted by Gasteiger charge is 2.34. The van der Waals surface area contributed by atoms with Crippen LogP contribution in [-0.4, -0.2) is 10.8 Å². The van der Waals surface area contributed by atoms with Gasteiger partial charge in [0.15, 0.2) is 5.82 Å². The van der Waals surface area contributed by atoms with E-state index in [1.807, 2.05) is 48.5 Å². The molecule has 2 heterocycles. The van der Waals surface area contributed by atoms with Gasteiger partial charge in [-0.25, -0.2) is 9.98 Å². The Balaban J connectivity index is 1.16. The Labute approximate surface area is 240 Å². The second-order valence-electron chi connectivity index (χ2n) is 9.93.